The minimum Gasteiger partial charge on any atom is -0.325 e. The Morgan fingerprint density at radius 3 is 2.54 bits per heavy atom. The molecule has 2 unspecified atom stereocenters. The largest absolute Gasteiger partial charge is 0.325 e. The van der Waals surface area contributed by atoms with Crippen molar-refractivity contribution in [1.82, 2.24) is 4.90 Å². The van der Waals surface area contributed by atoms with E-state index in [0.717, 1.165) is 17.0 Å². The van der Waals surface area contributed by atoms with Crippen LogP contribution < -0.4 is 10.6 Å². The van der Waals surface area contributed by atoms with E-state index < -0.39 is 58.8 Å². The molecule has 2 aliphatic rings. The number of fused-ring (bicyclic) bond motifs is 2. The van der Waals surface area contributed by atoms with Crippen LogP contribution in [0.3, 0.4) is 0 Å². The molecule has 0 bridgehead atoms. The molecule has 2 heterocycles. The molecule has 1 fully saturated rings. The van der Waals surface area contributed by atoms with Crippen molar-refractivity contribution < 1.29 is 27.6 Å². The van der Waals surface area contributed by atoms with E-state index >= 15 is 4.39 Å². The molecule has 4 rings (SSSR count). The maximum atomic E-state index is 16.3. The first kappa shape index (κ1) is 24.3. The summed E-state index contributed by atoms with van der Waals surface area (Å²) in [6.07, 6.45) is -0.605. The van der Waals surface area contributed by atoms with Gasteiger partial charge in [-0.05, 0) is 29.7 Å². The Labute approximate surface area is 199 Å². The number of anilines is 2. The second-order valence-electron chi connectivity index (χ2n) is 9.38. The number of hydrogen-bond acceptors (Lipinski definition) is 4. The van der Waals surface area contributed by atoms with Crippen molar-refractivity contribution in [2.24, 2.45) is 5.92 Å². The van der Waals surface area contributed by atoms with Crippen molar-refractivity contribution in [3.05, 3.63) is 59.7 Å². The van der Waals surface area contributed by atoms with Gasteiger partial charge in [0.05, 0.1) is 11.5 Å². The number of nitrogens with zero attached hydrogens (tertiary/aromatic N) is 2. The molecule has 2 N–H and O–H groups in total. The quantitative estimate of drug-likeness (QED) is 0.632. The maximum Gasteiger partial charge on any atom is 0.271 e. The molecule has 0 aromatic heterocycles. The van der Waals surface area contributed by atoms with Gasteiger partial charge in [-0.3, -0.25) is 14.4 Å². The lowest BCUT2D eigenvalue weighted by molar-refractivity contribution is -0.152. The fourth-order valence-electron chi connectivity index (χ4n) is 4.89. The summed E-state index contributed by atoms with van der Waals surface area (Å²) >= 11 is 0. The second-order valence-corrected chi connectivity index (χ2v) is 9.38. The first-order chi connectivity index (χ1) is 16.5. The molecule has 0 saturated carbocycles. The predicted molar refractivity (Wildman–Crippen MR) is 121 cm³/mol. The van der Waals surface area contributed by atoms with Crippen molar-refractivity contribution in [3.8, 4) is 6.07 Å². The number of alkyl halides is 1. The summed E-state index contributed by atoms with van der Waals surface area (Å²) in [5, 5.41) is 14.6. The average molecular weight is 484 g/mol. The molecule has 2 aromatic carbocycles. The fraction of sp³-hybridized carbons (Fsp3) is 0.360. The Hall–Kier alpha value is -3.87. The van der Waals surface area contributed by atoms with Gasteiger partial charge >= 0.3 is 0 Å². The van der Waals surface area contributed by atoms with Gasteiger partial charge in [0.2, 0.25) is 5.91 Å². The van der Waals surface area contributed by atoms with Gasteiger partial charge in [-0.15, -0.1) is 0 Å². The second kappa shape index (κ2) is 8.73. The van der Waals surface area contributed by atoms with E-state index in [0.29, 0.717) is 17.3 Å². The Bertz CT molecular complexity index is 1240. The van der Waals surface area contributed by atoms with E-state index in [1.54, 1.807) is 38.1 Å². The Balaban J connectivity index is 1.68. The van der Waals surface area contributed by atoms with Crippen LogP contribution in [0.25, 0.3) is 0 Å². The lowest BCUT2D eigenvalue weighted by Gasteiger charge is -2.31. The number of likely N-dealkylation sites (tertiary alicyclic amines) is 1. The Kier molecular flexibility index (Phi) is 6.05. The smallest absolute Gasteiger partial charge is 0.271 e. The van der Waals surface area contributed by atoms with Gasteiger partial charge in [0, 0.05) is 36.8 Å². The standard InChI is InChI=1S/C25H23F3N4O3/c1-14(2)10-25(28,22(34)30-17-8-15(26)7-16(27)9-17)23(35)32-13-24(11-18(32)12-29)19-5-3-4-6-20(19)31-21(24)33/h3-9,14,18H,10-11,13H2,1-2H3,(H,30,34)(H,31,33)/t18?,24-,25?/m0/s1. The topological polar surface area (TPSA) is 102 Å². The minimum absolute atomic E-state index is 0.0629. The van der Waals surface area contributed by atoms with Gasteiger partial charge in [-0.1, -0.05) is 32.0 Å². The third kappa shape index (κ3) is 4.11. The summed E-state index contributed by atoms with van der Waals surface area (Å²) in [7, 11) is 0. The van der Waals surface area contributed by atoms with E-state index in [9.17, 15) is 28.4 Å². The summed E-state index contributed by atoms with van der Waals surface area (Å²) in [5.74, 6) is -5.54. The number of amides is 3. The third-order valence-corrected chi connectivity index (χ3v) is 6.40. The lowest BCUT2D eigenvalue weighted by atomic mass is 9.80. The number of para-hydroxylation sites is 1. The van der Waals surface area contributed by atoms with Crippen LogP contribution in [-0.2, 0) is 19.8 Å². The first-order valence-corrected chi connectivity index (χ1v) is 11.1. The maximum absolute atomic E-state index is 16.3. The number of carbonyl (C=O) groups excluding carboxylic acids is 3. The van der Waals surface area contributed by atoms with Crippen molar-refractivity contribution in [2.45, 2.75) is 43.8 Å². The molecule has 0 aliphatic carbocycles. The summed E-state index contributed by atoms with van der Waals surface area (Å²) in [4.78, 5) is 40.5. The van der Waals surface area contributed by atoms with E-state index in [1.807, 2.05) is 6.07 Å². The number of carbonyl (C=O) groups is 3. The molecule has 10 heteroatoms. The summed E-state index contributed by atoms with van der Waals surface area (Å²) < 4.78 is 43.5. The van der Waals surface area contributed by atoms with Gasteiger partial charge in [-0.25, -0.2) is 13.2 Å². The van der Waals surface area contributed by atoms with Crippen LogP contribution in [0.2, 0.25) is 0 Å². The number of rotatable bonds is 5. The van der Waals surface area contributed by atoms with Crippen LogP contribution in [0.15, 0.2) is 42.5 Å². The molecule has 1 spiro atoms. The van der Waals surface area contributed by atoms with Crippen molar-refractivity contribution in [2.75, 3.05) is 17.2 Å². The van der Waals surface area contributed by atoms with Crippen LogP contribution in [-0.4, -0.2) is 40.9 Å². The molecule has 2 aromatic rings. The molecule has 3 amide bonds. The molecule has 2 aliphatic heterocycles. The Morgan fingerprint density at radius 1 is 1.26 bits per heavy atom. The molecule has 35 heavy (non-hydrogen) atoms. The van der Waals surface area contributed by atoms with E-state index in [4.69, 9.17) is 0 Å². The zero-order valence-electron chi connectivity index (χ0n) is 19.1. The fourth-order valence-corrected chi connectivity index (χ4v) is 4.89. The van der Waals surface area contributed by atoms with Crippen LogP contribution in [0, 0.1) is 28.9 Å². The molecular formula is C25H23F3N4O3. The molecule has 3 atom stereocenters. The predicted octanol–water partition coefficient (Wildman–Crippen LogP) is 3.67. The summed E-state index contributed by atoms with van der Waals surface area (Å²) in [5.41, 5.74) is -3.62. The van der Waals surface area contributed by atoms with Crippen molar-refractivity contribution in [3.63, 3.8) is 0 Å². The highest BCUT2D eigenvalue weighted by molar-refractivity contribution is 6.14. The van der Waals surface area contributed by atoms with Crippen LogP contribution >= 0.6 is 0 Å². The number of benzene rings is 2. The Morgan fingerprint density at radius 2 is 1.91 bits per heavy atom. The normalized spacial score (nSPS) is 22.5. The van der Waals surface area contributed by atoms with Gasteiger partial charge in [0.1, 0.15) is 17.7 Å². The number of nitriles is 1. The lowest BCUT2D eigenvalue weighted by Crippen LogP contribution is -2.55. The van der Waals surface area contributed by atoms with Gasteiger partial charge in [0.25, 0.3) is 17.5 Å². The highest BCUT2D eigenvalue weighted by Crippen LogP contribution is 2.47. The van der Waals surface area contributed by atoms with Gasteiger partial charge in [0.15, 0.2) is 0 Å². The number of hydrogen-bond donors (Lipinski definition) is 2. The summed E-state index contributed by atoms with van der Waals surface area (Å²) in [6, 6.07) is 9.81. The van der Waals surface area contributed by atoms with Crippen molar-refractivity contribution >= 4 is 29.1 Å². The van der Waals surface area contributed by atoms with Gasteiger partial charge < -0.3 is 15.5 Å². The zero-order valence-corrected chi connectivity index (χ0v) is 19.1. The van der Waals surface area contributed by atoms with Crippen LogP contribution in [0.4, 0.5) is 24.5 Å². The SMILES string of the molecule is CC(C)CC(F)(C(=O)Nc1cc(F)cc(F)c1)C(=O)N1C[C@]2(CC1C#N)C(=O)Nc1ccccc12. The van der Waals surface area contributed by atoms with Crippen molar-refractivity contribution in [1.29, 1.82) is 5.26 Å². The first-order valence-electron chi connectivity index (χ1n) is 11.1. The van der Waals surface area contributed by atoms with Gasteiger partial charge in [-0.2, -0.15) is 5.26 Å². The molecule has 0 radical (unpaired) electrons. The zero-order chi connectivity index (χ0) is 25.5. The minimum atomic E-state index is -3.15. The van der Waals surface area contributed by atoms with Crippen LogP contribution in [0.1, 0.15) is 32.3 Å². The molecule has 7 nitrogen and oxygen atoms in total. The average Bonchev–Trinajstić information content (AvgIpc) is 3.30. The van der Waals surface area contributed by atoms with E-state index in [2.05, 4.69) is 10.6 Å². The molecule has 1 saturated heterocycles. The molecular weight excluding hydrogens is 461 g/mol. The molecule has 182 valence electrons. The monoisotopic (exact) mass is 484 g/mol. The third-order valence-electron chi connectivity index (χ3n) is 6.40. The summed E-state index contributed by atoms with van der Waals surface area (Å²) in [6.45, 7) is 2.91. The van der Waals surface area contributed by atoms with E-state index in [-0.39, 0.29) is 18.7 Å². The number of nitrogens with one attached hydrogen (secondary N) is 2. The number of halogens is 3. The highest BCUT2D eigenvalue weighted by atomic mass is 19.1. The van der Waals surface area contributed by atoms with Crippen LogP contribution in [0.5, 0.6) is 0 Å². The van der Waals surface area contributed by atoms with E-state index in [1.165, 1.54) is 0 Å². The highest BCUT2D eigenvalue weighted by Gasteiger charge is 2.60.